The Bertz CT molecular complexity index is 1200. The summed E-state index contributed by atoms with van der Waals surface area (Å²) in [5.74, 6) is -0.109. The number of hydrogen-bond acceptors (Lipinski definition) is 4. The van der Waals surface area contributed by atoms with Crippen LogP contribution in [0.2, 0.25) is 0 Å². The molecule has 0 heterocycles. The lowest BCUT2D eigenvalue weighted by Gasteiger charge is -2.14. The van der Waals surface area contributed by atoms with Gasteiger partial charge in [-0.15, -0.1) is 0 Å². The molecule has 0 aliphatic heterocycles. The predicted octanol–water partition coefficient (Wildman–Crippen LogP) is 4.66. The molecular weight excluding hydrogens is 380 g/mol. The minimum atomic E-state index is -0.109. The molecule has 30 heavy (non-hydrogen) atoms. The van der Waals surface area contributed by atoms with Crippen molar-refractivity contribution in [2.24, 2.45) is 5.11 Å². The summed E-state index contributed by atoms with van der Waals surface area (Å²) >= 11 is 0. The molecular formula is C23H22N4O3. The molecule has 152 valence electrons. The van der Waals surface area contributed by atoms with Crippen molar-refractivity contribution in [3.8, 4) is 0 Å². The van der Waals surface area contributed by atoms with E-state index in [1.54, 1.807) is 0 Å². The minimum absolute atomic E-state index is 0.109. The van der Waals surface area contributed by atoms with Gasteiger partial charge in [0.25, 0.3) is 5.91 Å². The van der Waals surface area contributed by atoms with E-state index in [1.807, 2.05) is 18.2 Å². The molecule has 0 unspecified atom stereocenters. The summed E-state index contributed by atoms with van der Waals surface area (Å²) in [5, 5.41) is 13.1. The summed E-state index contributed by atoms with van der Waals surface area (Å²) in [4.78, 5) is 15.4. The van der Waals surface area contributed by atoms with E-state index >= 15 is 0 Å². The van der Waals surface area contributed by atoms with Gasteiger partial charge in [0.2, 0.25) is 0 Å². The number of carbonyl (C=O) groups is 1. The van der Waals surface area contributed by atoms with Crippen molar-refractivity contribution in [3.05, 3.63) is 70.6 Å². The molecule has 1 N–H and O–H groups in total. The summed E-state index contributed by atoms with van der Waals surface area (Å²) < 4.78 is 10.7. The van der Waals surface area contributed by atoms with Gasteiger partial charge < -0.3 is 14.8 Å². The molecule has 0 bridgehead atoms. The van der Waals surface area contributed by atoms with E-state index in [0.717, 1.165) is 16.2 Å². The lowest BCUT2D eigenvalue weighted by atomic mass is 9.92. The van der Waals surface area contributed by atoms with Gasteiger partial charge in [0.1, 0.15) is 0 Å². The van der Waals surface area contributed by atoms with Gasteiger partial charge in [-0.3, -0.25) is 4.79 Å². The van der Waals surface area contributed by atoms with Crippen molar-refractivity contribution in [1.29, 1.82) is 0 Å². The number of hydrogen-bond donors (Lipinski definition) is 1. The van der Waals surface area contributed by atoms with E-state index in [2.05, 4.69) is 51.7 Å². The van der Waals surface area contributed by atoms with E-state index in [4.69, 9.17) is 15.0 Å². The van der Waals surface area contributed by atoms with Crippen LogP contribution in [-0.4, -0.2) is 45.4 Å². The maximum absolute atomic E-state index is 12.8. The molecule has 4 rings (SSSR count). The number of ether oxygens (including phenoxy) is 2. The third-order valence-corrected chi connectivity index (χ3v) is 5.08. The normalized spacial score (nSPS) is 11.2. The van der Waals surface area contributed by atoms with Gasteiger partial charge in [0.05, 0.1) is 26.4 Å². The van der Waals surface area contributed by atoms with Gasteiger partial charge in [-0.2, -0.15) is 0 Å². The smallest absolute Gasteiger partial charge is 0.251 e. The molecule has 1 amide bonds. The van der Waals surface area contributed by atoms with Crippen molar-refractivity contribution in [3.63, 3.8) is 0 Å². The summed E-state index contributed by atoms with van der Waals surface area (Å²) in [6.07, 6.45) is 0. The first-order valence-electron chi connectivity index (χ1n) is 9.90. The van der Waals surface area contributed by atoms with E-state index in [-0.39, 0.29) is 5.91 Å². The first-order valence-corrected chi connectivity index (χ1v) is 9.90. The molecule has 0 aromatic heterocycles. The average Bonchev–Trinajstić information content (AvgIpc) is 2.78. The van der Waals surface area contributed by atoms with Gasteiger partial charge in [-0.05, 0) is 43.9 Å². The van der Waals surface area contributed by atoms with Crippen molar-refractivity contribution in [2.75, 3.05) is 39.5 Å². The summed E-state index contributed by atoms with van der Waals surface area (Å²) in [6.45, 7) is 2.34. The second-order valence-corrected chi connectivity index (χ2v) is 6.90. The van der Waals surface area contributed by atoms with Crippen molar-refractivity contribution in [2.45, 2.75) is 0 Å². The van der Waals surface area contributed by atoms with E-state index in [0.29, 0.717) is 45.1 Å². The number of benzene rings is 4. The SMILES string of the molecule is [N-]=[N+]=NCCOCCOCCNC(=O)c1ccc2ccc3cccc4ccc1c2c34. The van der Waals surface area contributed by atoms with Gasteiger partial charge >= 0.3 is 0 Å². The molecule has 7 nitrogen and oxygen atoms in total. The highest BCUT2D eigenvalue weighted by Gasteiger charge is 2.14. The van der Waals surface area contributed by atoms with Crippen LogP contribution < -0.4 is 5.32 Å². The van der Waals surface area contributed by atoms with Crippen LogP contribution in [0.1, 0.15) is 10.4 Å². The standard InChI is InChI=1S/C23H22N4O3/c24-27-26-11-13-30-15-14-29-12-10-25-23(28)20-9-7-18-5-4-16-2-1-3-17-6-8-19(20)22(18)21(16)17/h1-9H,10-15H2,(H,25,28). The van der Waals surface area contributed by atoms with E-state index in [1.165, 1.54) is 16.2 Å². The number of azide groups is 1. The summed E-state index contributed by atoms with van der Waals surface area (Å²) in [5.41, 5.74) is 8.84. The van der Waals surface area contributed by atoms with Crippen LogP contribution in [0.15, 0.2) is 59.7 Å². The summed E-state index contributed by atoms with van der Waals surface area (Å²) in [7, 11) is 0. The second kappa shape index (κ2) is 9.41. The number of carbonyl (C=O) groups excluding carboxylic acids is 1. The molecule has 0 spiro atoms. The highest BCUT2D eigenvalue weighted by atomic mass is 16.5. The lowest BCUT2D eigenvalue weighted by molar-refractivity contribution is 0.0511. The van der Waals surface area contributed by atoms with Crippen molar-refractivity contribution < 1.29 is 14.3 Å². The van der Waals surface area contributed by atoms with Gasteiger partial charge in [-0.1, -0.05) is 53.6 Å². The molecule has 0 saturated carbocycles. The van der Waals surface area contributed by atoms with Gasteiger partial charge in [0, 0.05) is 23.6 Å². The lowest BCUT2D eigenvalue weighted by Crippen LogP contribution is -2.27. The Morgan fingerprint density at radius 1 is 0.867 bits per heavy atom. The Hall–Kier alpha value is -3.38. The molecule has 0 aliphatic rings. The molecule has 0 radical (unpaired) electrons. The molecule has 0 fully saturated rings. The highest BCUT2D eigenvalue weighted by Crippen LogP contribution is 2.35. The molecule has 4 aromatic rings. The Kier molecular flexibility index (Phi) is 6.25. The third-order valence-electron chi connectivity index (χ3n) is 5.08. The fourth-order valence-corrected chi connectivity index (χ4v) is 3.74. The van der Waals surface area contributed by atoms with E-state index in [9.17, 15) is 4.79 Å². The van der Waals surface area contributed by atoms with Gasteiger partial charge in [-0.25, -0.2) is 0 Å². The fraction of sp³-hybridized carbons (Fsp3) is 0.261. The van der Waals surface area contributed by atoms with Crippen LogP contribution in [0, 0.1) is 0 Å². The zero-order valence-electron chi connectivity index (χ0n) is 16.5. The molecule has 0 saturated heterocycles. The van der Waals surface area contributed by atoms with Crippen LogP contribution in [0.3, 0.4) is 0 Å². The maximum Gasteiger partial charge on any atom is 0.251 e. The average molecular weight is 402 g/mol. The van der Waals surface area contributed by atoms with Crippen LogP contribution in [0.4, 0.5) is 0 Å². The quantitative estimate of drug-likeness (QED) is 0.137. The second-order valence-electron chi connectivity index (χ2n) is 6.90. The van der Waals surface area contributed by atoms with Crippen LogP contribution in [-0.2, 0) is 9.47 Å². The Labute approximate surface area is 173 Å². The van der Waals surface area contributed by atoms with Crippen molar-refractivity contribution in [1.82, 2.24) is 5.32 Å². The van der Waals surface area contributed by atoms with Crippen LogP contribution >= 0.6 is 0 Å². The Morgan fingerprint density at radius 3 is 2.30 bits per heavy atom. The first-order chi connectivity index (χ1) is 14.8. The maximum atomic E-state index is 12.8. The zero-order valence-corrected chi connectivity index (χ0v) is 16.5. The number of amides is 1. The topological polar surface area (TPSA) is 96.3 Å². The fourth-order valence-electron chi connectivity index (χ4n) is 3.74. The largest absolute Gasteiger partial charge is 0.379 e. The predicted molar refractivity (Wildman–Crippen MR) is 118 cm³/mol. The third kappa shape index (κ3) is 4.14. The Morgan fingerprint density at radius 2 is 1.53 bits per heavy atom. The zero-order chi connectivity index (χ0) is 20.8. The monoisotopic (exact) mass is 402 g/mol. The van der Waals surface area contributed by atoms with Crippen LogP contribution in [0.5, 0.6) is 0 Å². The minimum Gasteiger partial charge on any atom is -0.379 e. The Balaban J connectivity index is 1.37. The van der Waals surface area contributed by atoms with Gasteiger partial charge in [0.15, 0.2) is 0 Å². The number of nitrogens with zero attached hydrogens (tertiary/aromatic N) is 3. The molecule has 0 atom stereocenters. The summed E-state index contributed by atoms with van der Waals surface area (Å²) in [6, 6.07) is 18.5. The van der Waals surface area contributed by atoms with Crippen molar-refractivity contribution >= 4 is 38.2 Å². The van der Waals surface area contributed by atoms with E-state index < -0.39 is 0 Å². The number of rotatable bonds is 10. The molecule has 7 heteroatoms. The molecule has 0 aliphatic carbocycles. The molecule has 4 aromatic carbocycles. The van der Waals surface area contributed by atoms with Crippen LogP contribution in [0.25, 0.3) is 42.8 Å². The number of nitrogens with one attached hydrogen (secondary N) is 1. The first kappa shape index (κ1) is 19.9. The highest BCUT2D eigenvalue weighted by molar-refractivity contribution is 6.26.